The van der Waals surface area contributed by atoms with Crippen LogP contribution in [0.5, 0.6) is 0 Å². The van der Waals surface area contributed by atoms with Crippen LogP contribution in [0.3, 0.4) is 0 Å². The zero-order valence-corrected chi connectivity index (χ0v) is 12.6. The van der Waals surface area contributed by atoms with Crippen molar-refractivity contribution in [3.63, 3.8) is 0 Å². The van der Waals surface area contributed by atoms with Crippen LogP contribution in [0.4, 0.5) is 0 Å². The molecule has 0 saturated carbocycles. The highest BCUT2D eigenvalue weighted by Gasteiger charge is 2.18. The quantitative estimate of drug-likeness (QED) is 0.825. The Morgan fingerprint density at radius 3 is 2.47 bits per heavy atom. The molecule has 0 spiro atoms. The summed E-state index contributed by atoms with van der Waals surface area (Å²) in [6, 6.07) is 4.26. The third-order valence-corrected chi connectivity index (χ3v) is 2.92. The molecule has 1 aromatic heterocycles. The van der Waals surface area contributed by atoms with Crippen molar-refractivity contribution in [1.82, 2.24) is 9.88 Å². The molecule has 0 unspecified atom stereocenters. The second kappa shape index (κ2) is 7.07. The van der Waals surface area contributed by atoms with Crippen LogP contribution in [0.15, 0.2) is 18.3 Å². The maximum Gasteiger partial charge on any atom is 0.0359 e. The third kappa shape index (κ3) is 6.13. The van der Waals surface area contributed by atoms with Crippen molar-refractivity contribution in [3.8, 4) is 0 Å². The molecule has 0 radical (unpaired) electrons. The predicted molar refractivity (Wildman–Crippen MR) is 77.6 cm³/mol. The average Bonchev–Trinajstić information content (AvgIpc) is 2.49. The van der Waals surface area contributed by atoms with E-state index in [0.29, 0.717) is 5.41 Å². The maximum atomic E-state index is 3.55. The van der Waals surface area contributed by atoms with E-state index >= 15 is 0 Å². The van der Waals surface area contributed by atoms with Crippen molar-refractivity contribution < 1.29 is 0 Å². The molecule has 1 rings (SSSR count). The van der Waals surface area contributed by atoms with Gasteiger partial charge < -0.3 is 9.88 Å². The molecule has 0 saturated heterocycles. The molecule has 0 aromatic carbocycles. The normalized spacial score (nSPS) is 11.6. The molecule has 2 nitrogen and oxygen atoms in total. The summed E-state index contributed by atoms with van der Waals surface area (Å²) in [5, 5.41) is 3.55. The highest BCUT2D eigenvalue weighted by molar-refractivity contribution is 5.85. The third-order valence-electron chi connectivity index (χ3n) is 2.92. The van der Waals surface area contributed by atoms with Gasteiger partial charge in [0.25, 0.3) is 0 Å². The fourth-order valence-corrected chi connectivity index (χ4v) is 2.39. The van der Waals surface area contributed by atoms with Crippen molar-refractivity contribution in [3.05, 3.63) is 24.0 Å². The van der Waals surface area contributed by atoms with Crippen molar-refractivity contribution >= 4 is 12.4 Å². The van der Waals surface area contributed by atoms with Crippen LogP contribution in [0, 0.1) is 11.3 Å². The van der Waals surface area contributed by atoms with Gasteiger partial charge in [0.15, 0.2) is 0 Å². The second-order valence-corrected chi connectivity index (χ2v) is 5.98. The number of rotatable bonds is 6. The smallest absolute Gasteiger partial charge is 0.0359 e. The van der Waals surface area contributed by atoms with E-state index < -0.39 is 0 Å². The maximum absolute atomic E-state index is 3.55. The summed E-state index contributed by atoms with van der Waals surface area (Å²) in [6.07, 6.45) is 3.36. The standard InChI is InChI=1S/C14H26N2.ClH/c1-12(2)9-14(3,4)11-15-10-13-7-6-8-16(13)5;/h6-8,12,15H,9-11H2,1-5H3;1H. The Balaban J connectivity index is 0.00000256. The van der Waals surface area contributed by atoms with E-state index in [-0.39, 0.29) is 12.4 Å². The Labute approximate surface area is 112 Å². The number of aromatic nitrogens is 1. The molecule has 17 heavy (non-hydrogen) atoms. The minimum absolute atomic E-state index is 0. The van der Waals surface area contributed by atoms with Crippen molar-refractivity contribution in [2.75, 3.05) is 6.54 Å². The van der Waals surface area contributed by atoms with Gasteiger partial charge in [-0.05, 0) is 29.9 Å². The Bertz CT molecular complexity index is 316. The molecule has 1 N–H and O–H groups in total. The number of hydrogen-bond donors (Lipinski definition) is 1. The number of hydrogen-bond acceptors (Lipinski definition) is 1. The van der Waals surface area contributed by atoms with Crippen molar-refractivity contribution in [2.24, 2.45) is 18.4 Å². The summed E-state index contributed by atoms with van der Waals surface area (Å²) in [4.78, 5) is 0. The zero-order chi connectivity index (χ0) is 12.2. The predicted octanol–water partition coefficient (Wildman–Crippen LogP) is 3.61. The monoisotopic (exact) mass is 258 g/mol. The first-order valence-corrected chi connectivity index (χ1v) is 6.22. The van der Waals surface area contributed by atoms with E-state index in [1.54, 1.807) is 0 Å². The highest BCUT2D eigenvalue weighted by Crippen LogP contribution is 2.24. The Morgan fingerprint density at radius 1 is 1.35 bits per heavy atom. The van der Waals surface area contributed by atoms with Gasteiger partial charge in [-0.3, -0.25) is 0 Å². The van der Waals surface area contributed by atoms with Gasteiger partial charge in [0, 0.05) is 32.0 Å². The van der Waals surface area contributed by atoms with Gasteiger partial charge in [-0.15, -0.1) is 12.4 Å². The van der Waals surface area contributed by atoms with E-state index in [1.807, 2.05) is 0 Å². The molecule has 0 aliphatic heterocycles. The highest BCUT2D eigenvalue weighted by atomic mass is 35.5. The average molecular weight is 259 g/mol. The van der Waals surface area contributed by atoms with E-state index in [9.17, 15) is 0 Å². The molecule has 0 bridgehead atoms. The second-order valence-electron chi connectivity index (χ2n) is 5.98. The van der Waals surface area contributed by atoms with Crippen LogP contribution in [-0.4, -0.2) is 11.1 Å². The SMILES string of the molecule is CC(C)CC(C)(C)CNCc1cccn1C.Cl. The Hall–Kier alpha value is -0.470. The molecule has 1 heterocycles. The molecular weight excluding hydrogens is 232 g/mol. The number of nitrogens with one attached hydrogen (secondary N) is 1. The van der Waals surface area contributed by atoms with Crippen LogP contribution >= 0.6 is 12.4 Å². The van der Waals surface area contributed by atoms with E-state index in [2.05, 4.69) is 63.0 Å². The lowest BCUT2D eigenvalue weighted by Crippen LogP contribution is -2.30. The van der Waals surface area contributed by atoms with Crippen LogP contribution in [0.2, 0.25) is 0 Å². The van der Waals surface area contributed by atoms with Gasteiger partial charge in [0.1, 0.15) is 0 Å². The fourth-order valence-electron chi connectivity index (χ4n) is 2.39. The van der Waals surface area contributed by atoms with Crippen LogP contribution in [0.25, 0.3) is 0 Å². The molecular formula is C14H27ClN2. The lowest BCUT2D eigenvalue weighted by atomic mass is 9.84. The summed E-state index contributed by atoms with van der Waals surface area (Å²) < 4.78 is 2.17. The topological polar surface area (TPSA) is 17.0 Å². The minimum Gasteiger partial charge on any atom is -0.353 e. The lowest BCUT2D eigenvalue weighted by Gasteiger charge is -2.27. The number of aryl methyl sites for hydroxylation is 1. The first-order valence-electron chi connectivity index (χ1n) is 6.22. The summed E-state index contributed by atoms with van der Waals surface area (Å²) in [7, 11) is 2.09. The van der Waals surface area contributed by atoms with Crippen molar-refractivity contribution in [2.45, 2.75) is 40.7 Å². The van der Waals surface area contributed by atoms with E-state index in [4.69, 9.17) is 0 Å². The molecule has 100 valence electrons. The fraction of sp³-hybridized carbons (Fsp3) is 0.714. The largest absolute Gasteiger partial charge is 0.353 e. The van der Waals surface area contributed by atoms with Gasteiger partial charge >= 0.3 is 0 Å². The van der Waals surface area contributed by atoms with Crippen LogP contribution < -0.4 is 5.32 Å². The minimum atomic E-state index is 0. The van der Waals surface area contributed by atoms with Gasteiger partial charge in [-0.2, -0.15) is 0 Å². The summed E-state index contributed by atoms with van der Waals surface area (Å²) in [6.45, 7) is 11.3. The van der Waals surface area contributed by atoms with Gasteiger partial charge in [0.05, 0.1) is 0 Å². The molecule has 0 aliphatic rings. The lowest BCUT2D eigenvalue weighted by molar-refractivity contribution is 0.272. The Morgan fingerprint density at radius 2 is 2.00 bits per heavy atom. The van der Waals surface area contributed by atoms with Crippen LogP contribution in [-0.2, 0) is 13.6 Å². The molecule has 1 aromatic rings. The zero-order valence-electron chi connectivity index (χ0n) is 11.8. The number of halogens is 1. The summed E-state index contributed by atoms with van der Waals surface area (Å²) in [5.41, 5.74) is 1.74. The van der Waals surface area contributed by atoms with E-state index in [1.165, 1.54) is 12.1 Å². The molecule has 0 aliphatic carbocycles. The Kier molecular flexibility index (Phi) is 6.88. The van der Waals surface area contributed by atoms with Crippen molar-refractivity contribution in [1.29, 1.82) is 0 Å². The van der Waals surface area contributed by atoms with Gasteiger partial charge in [-0.1, -0.05) is 27.7 Å². The van der Waals surface area contributed by atoms with Crippen LogP contribution in [0.1, 0.15) is 39.8 Å². The molecule has 0 atom stereocenters. The molecule has 0 amide bonds. The summed E-state index contributed by atoms with van der Waals surface area (Å²) in [5.74, 6) is 0.770. The first-order chi connectivity index (χ1) is 7.41. The van der Waals surface area contributed by atoms with E-state index in [0.717, 1.165) is 19.0 Å². The molecule has 0 fully saturated rings. The molecule has 3 heteroatoms. The number of nitrogens with zero attached hydrogens (tertiary/aromatic N) is 1. The summed E-state index contributed by atoms with van der Waals surface area (Å²) >= 11 is 0. The van der Waals surface area contributed by atoms with Gasteiger partial charge in [-0.25, -0.2) is 0 Å². The first kappa shape index (κ1) is 16.5. The van der Waals surface area contributed by atoms with Gasteiger partial charge in [0.2, 0.25) is 0 Å².